The maximum Gasteiger partial charge on any atom is 0.308 e. The zero-order valence-electron chi connectivity index (χ0n) is 10.5. The van der Waals surface area contributed by atoms with E-state index < -0.39 is 0 Å². The fourth-order valence-electron chi connectivity index (χ4n) is 2.20. The van der Waals surface area contributed by atoms with Crippen LogP contribution in [0, 0.1) is 6.92 Å². The second-order valence-corrected chi connectivity index (χ2v) is 5.22. The first-order valence-electron chi connectivity index (χ1n) is 5.81. The molecule has 0 spiro atoms. The van der Waals surface area contributed by atoms with E-state index in [0.29, 0.717) is 5.75 Å². The lowest BCUT2D eigenvalue weighted by Crippen LogP contribution is -2.01. The standard InChI is InChI=1S/C14H11BrN2O2/c1-7-14-9(3-4-16-7)10-5-11(15)13(19-8(2)18)6-12(10)17-14/h3-6,17H,1-2H3. The number of nitrogens with zero attached hydrogens (tertiary/aromatic N) is 1. The minimum absolute atomic E-state index is 0.339. The molecule has 0 saturated heterocycles. The monoisotopic (exact) mass is 318 g/mol. The summed E-state index contributed by atoms with van der Waals surface area (Å²) in [5.41, 5.74) is 2.87. The largest absolute Gasteiger partial charge is 0.425 e. The molecule has 0 radical (unpaired) electrons. The highest BCUT2D eigenvalue weighted by Gasteiger charge is 2.11. The van der Waals surface area contributed by atoms with Gasteiger partial charge >= 0.3 is 5.97 Å². The Labute approximate surface area is 117 Å². The molecule has 0 bridgehead atoms. The summed E-state index contributed by atoms with van der Waals surface area (Å²) >= 11 is 3.43. The number of ether oxygens (including phenoxy) is 1. The van der Waals surface area contributed by atoms with Gasteiger partial charge < -0.3 is 9.72 Å². The second kappa shape index (κ2) is 4.35. The number of carbonyl (C=O) groups excluding carboxylic acids is 1. The summed E-state index contributed by atoms with van der Waals surface area (Å²) in [6.45, 7) is 3.34. The van der Waals surface area contributed by atoms with E-state index in [4.69, 9.17) is 4.74 Å². The minimum atomic E-state index is -0.339. The molecular weight excluding hydrogens is 308 g/mol. The van der Waals surface area contributed by atoms with Crippen LogP contribution in [0.5, 0.6) is 5.75 Å². The number of hydrogen-bond donors (Lipinski definition) is 1. The number of rotatable bonds is 1. The van der Waals surface area contributed by atoms with Crippen LogP contribution in [0.15, 0.2) is 28.9 Å². The Morgan fingerprint density at radius 1 is 1.37 bits per heavy atom. The maximum absolute atomic E-state index is 11.1. The van der Waals surface area contributed by atoms with Crippen molar-refractivity contribution in [2.24, 2.45) is 0 Å². The molecule has 4 nitrogen and oxygen atoms in total. The minimum Gasteiger partial charge on any atom is -0.425 e. The molecule has 0 saturated carbocycles. The molecule has 19 heavy (non-hydrogen) atoms. The molecule has 2 heterocycles. The summed E-state index contributed by atoms with van der Waals surface area (Å²) in [6.07, 6.45) is 1.79. The SMILES string of the molecule is CC(=O)Oc1cc2[nH]c3c(C)nccc3c2cc1Br. The molecule has 2 aromatic heterocycles. The van der Waals surface area contributed by atoms with Gasteiger partial charge in [0.25, 0.3) is 0 Å². The molecule has 3 rings (SSSR count). The number of aromatic amines is 1. The lowest BCUT2D eigenvalue weighted by molar-refractivity contribution is -0.131. The average molecular weight is 319 g/mol. The molecule has 0 aliphatic carbocycles. The number of nitrogens with one attached hydrogen (secondary N) is 1. The topological polar surface area (TPSA) is 55.0 Å². The highest BCUT2D eigenvalue weighted by Crippen LogP contribution is 2.34. The lowest BCUT2D eigenvalue weighted by Gasteiger charge is -2.04. The first-order valence-corrected chi connectivity index (χ1v) is 6.60. The van der Waals surface area contributed by atoms with E-state index in [1.54, 1.807) is 6.20 Å². The first kappa shape index (κ1) is 12.2. The van der Waals surface area contributed by atoms with Crippen molar-refractivity contribution in [3.8, 4) is 5.75 Å². The third kappa shape index (κ3) is 2.00. The number of carbonyl (C=O) groups is 1. The van der Waals surface area contributed by atoms with Crippen LogP contribution in [0.2, 0.25) is 0 Å². The van der Waals surface area contributed by atoms with Crippen molar-refractivity contribution in [2.75, 3.05) is 0 Å². The predicted molar refractivity (Wildman–Crippen MR) is 77.3 cm³/mol. The zero-order valence-corrected chi connectivity index (χ0v) is 12.0. The fourth-order valence-corrected chi connectivity index (χ4v) is 2.62. The summed E-state index contributed by atoms with van der Waals surface area (Å²) in [6, 6.07) is 5.74. The zero-order chi connectivity index (χ0) is 13.6. The van der Waals surface area contributed by atoms with Gasteiger partial charge in [-0.2, -0.15) is 0 Å². The first-order chi connectivity index (χ1) is 9.06. The van der Waals surface area contributed by atoms with Gasteiger partial charge in [0.1, 0.15) is 5.75 Å². The van der Waals surface area contributed by atoms with Crippen LogP contribution in [0.4, 0.5) is 0 Å². The quantitative estimate of drug-likeness (QED) is 0.549. The van der Waals surface area contributed by atoms with E-state index >= 15 is 0 Å². The summed E-state index contributed by atoms with van der Waals surface area (Å²) in [5, 5.41) is 2.18. The van der Waals surface area contributed by atoms with Crippen LogP contribution in [0.25, 0.3) is 21.8 Å². The molecule has 0 aliphatic rings. The number of benzene rings is 1. The van der Waals surface area contributed by atoms with Crippen molar-refractivity contribution < 1.29 is 9.53 Å². The smallest absolute Gasteiger partial charge is 0.308 e. The summed E-state index contributed by atoms with van der Waals surface area (Å²) < 4.78 is 5.91. The number of halogens is 1. The van der Waals surface area contributed by atoms with Crippen molar-refractivity contribution in [2.45, 2.75) is 13.8 Å². The summed E-state index contributed by atoms with van der Waals surface area (Å²) in [4.78, 5) is 18.6. The molecule has 0 unspecified atom stereocenters. The van der Waals surface area contributed by atoms with Crippen molar-refractivity contribution in [1.29, 1.82) is 0 Å². The Bertz CT molecular complexity index is 808. The van der Waals surface area contributed by atoms with Gasteiger partial charge in [-0.25, -0.2) is 0 Å². The van der Waals surface area contributed by atoms with Crippen LogP contribution in [0.1, 0.15) is 12.6 Å². The molecular formula is C14H11BrN2O2. The molecule has 0 aliphatic heterocycles. The molecule has 5 heteroatoms. The molecule has 0 fully saturated rings. The highest BCUT2D eigenvalue weighted by molar-refractivity contribution is 9.10. The third-order valence-electron chi connectivity index (χ3n) is 3.02. The van der Waals surface area contributed by atoms with E-state index in [2.05, 4.69) is 25.9 Å². The van der Waals surface area contributed by atoms with Crippen molar-refractivity contribution in [3.05, 3.63) is 34.6 Å². The second-order valence-electron chi connectivity index (χ2n) is 4.37. The van der Waals surface area contributed by atoms with Gasteiger partial charge in [0.15, 0.2) is 0 Å². The van der Waals surface area contributed by atoms with E-state index in [9.17, 15) is 4.79 Å². The summed E-state index contributed by atoms with van der Waals surface area (Å²) in [5.74, 6) is 0.172. The van der Waals surface area contributed by atoms with Crippen LogP contribution in [-0.2, 0) is 4.79 Å². The molecule has 1 aromatic carbocycles. The van der Waals surface area contributed by atoms with Gasteiger partial charge in [0.2, 0.25) is 0 Å². The van der Waals surface area contributed by atoms with Gasteiger partial charge in [-0.15, -0.1) is 0 Å². The molecule has 0 amide bonds. The Balaban J connectivity index is 2.32. The van der Waals surface area contributed by atoms with E-state index in [-0.39, 0.29) is 5.97 Å². The average Bonchev–Trinajstić information content (AvgIpc) is 2.69. The highest BCUT2D eigenvalue weighted by atomic mass is 79.9. The maximum atomic E-state index is 11.1. The van der Waals surface area contributed by atoms with Gasteiger partial charge in [0.05, 0.1) is 21.2 Å². The number of esters is 1. The summed E-state index contributed by atoms with van der Waals surface area (Å²) in [7, 11) is 0. The van der Waals surface area contributed by atoms with Crippen molar-refractivity contribution >= 4 is 43.7 Å². The molecule has 0 atom stereocenters. The number of fused-ring (bicyclic) bond motifs is 3. The Morgan fingerprint density at radius 3 is 2.89 bits per heavy atom. The van der Waals surface area contributed by atoms with Crippen LogP contribution in [0.3, 0.4) is 0 Å². The van der Waals surface area contributed by atoms with Gasteiger partial charge in [-0.3, -0.25) is 9.78 Å². The van der Waals surface area contributed by atoms with E-state index in [1.807, 2.05) is 25.1 Å². The van der Waals surface area contributed by atoms with Crippen molar-refractivity contribution in [1.82, 2.24) is 9.97 Å². The predicted octanol–water partition coefficient (Wildman–Crippen LogP) is 3.71. The molecule has 3 aromatic rings. The Morgan fingerprint density at radius 2 is 2.16 bits per heavy atom. The van der Waals surface area contributed by atoms with Crippen LogP contribution >= 0.6 is 15.9 Å². The van der Waals surface area contributed by atoms with Crippen molar-refractivity contribution in [3.63, 3.8) is 0 Å². The molecule has 96 valence electrons. The normalized spacial score (nSPS) is 11.1. The number of pyridine rings is 1. The fraction of sp³-hybridized carbons (Fsp3) is 0.143. The van der Waals surface area contributed by atoms with E-state index in [1.165, 1.54) is 6.92 Å². The number of H-pyrrole nitrogens is 1. The van der Waals surface area contributed by atoms with Crippen LogP contribution in [-0.4, -0.2) is 15.9 Å². The number of aryl methyl sites for hydroxylation is 1. The third-order valence-corrected chi connectivity index (χ3v) is 3.64. The van der Waals surface area contributed by atoms with Gasteiger partial charge in [-0.05, 0) is 35.0 Å². The number of aromatic nitrogens is 2. The Kier molecular flexibility index (Phi) is 2.78. The lowest BCUT2D eigenvalue weighted by atomic mass is 10.1. The number of hydrogen-bond acceptors (Lipinski definition) is 3. The Hall–Kier alpha value is -1.88. The van der Waals surface area contributed by atoms with Gasteiger partial charge in [-0.1, -0.05) is 0 Å². The van der Waals surface area contributed by atoms with Gasteiger partial charge in [0, 0.05) is 30.0 Å². The van der Waals surface area contributed by atoms with E-state index in [0.717, 1.165) is 32.0 Å². The van der Waals surface area contributed by atoms with Crippen LogP contribution < -0.4 is 4.74 Å². The molecule has 1 N–H and O–H groups in total.